The maximum atomic E-state index is 12.6. The number of carbonyl (C=O) groups is 2. The van der Waals surface area contributed by atoms with Gasteiger partial charge in [-0.2, -0.15) is 0 Å². The lowest BCUT2D eigenvalue weighted by Crippen LogP contribution is -2.44. The molecule has 2 aromatic rings. The van der Waals surface area contributed by atoms with Crippen LogP contribution in [0.5, 0.6) is 0 Å². The van der Waals surface area contributed by atoms with Crippen molar-refractivity contribution in [3.05, 3.63) is 59.7 Å². The molecule has 0 unspecified atom stereocenters. The third-order valence-corrected chi connectivity index (χ3v) is 4.02. The number of aryl methyl sites for hydroxylation is 1. The highest BCUT2D eigenvalue weighted by Crippen LogP contribution is 2.32. The van der Waals surface area contributed by atoms with E-state index in [1.165, 1.54) is 6.92 Å². The Kier molecular flexibility index (Phi) is 3.67. The van der Waals surface area contributed by atoms with Crippen LogP contribution in [0.2, 0.25) is 0 Å². The SMILES string of the molecule is CC(=O)N1c2ccccc2C[C@@H]1C(=O)Nc1ccccc1C. The van der Waals surface area contributed by atoms with Crippen molar-refractivity contribution in [3.8, 4) is 0 Å². The van der Waals surface area contributed by atoms with E-state index >= 15 is 0 Å². The summed E-state index contributed by atoms with van der Waals surface area (Å²) in [5.74, 6) is -0.268. The van der Waals surface area contributed by atoms with Crippen LogP contribution in [0.4, 0.5) is 11.4 Å². The fourth-order valence-electron chi connectivity index (χ4n) is 2.91. The Morgan fingerprint density at radius 2 is 1.77 bits per heavy atom. The summed E-state index contributed by atoms with van der Waals surface area (Å²) in [5.41, 5.74) is 3.65. The van der Waals surface area contributed by atoms with Gasteiger partial charge in [0.05, 0.1) is 0 Å². The van der Waals surface area contributed by atoms with Crippen LogP contribution in [0.15, 0.2) is 48.5 Å². The molecule has 0 saturated heterocycles. The van der Waals surface area contributed by atoms with Crippen LogP contribution in [0.3, 0.4) is 0 Å². The van der Waals surface area contributed by atoms with Crippen LogP contribution in [0, 0.1) is 6.92 Å². The number of carbonyl (C=O) groups excluding carboxylic acids is 2. The molecule has 1 atom stereocenters. The molecule has 0 spiro atoms. The van der Waals surface area contributed by atoms with E-state index in [1.807, 2.05) is 55.5 Å². The molecule has 4 heteroatoms. The van der Waals surface area contributed by atoms with E-state index in [-0.39, 0.29) is 11.8 Å². The van der Waals surface area contributed by atoms with Crippen molar-refractivity contribution in [1.29, 1.82) is 0 Å². The van der Waals surface area contributed by atoms with E-state index in [2.05, 4.69) is 5.32 Å². The fraction of sp³-hybridized carbons (Fsp3) is 0.222. The molecule has 1 heterocycles. The van der Waals surface area contributed by atoms with E-state index in [1.54, 1.807) is 4.90 Å². The molecular formula is C18H18N2O2. The molecule has 112 valence electrons. The third kappa shape index (κ3) is 2.48. The predicted molar refractivity (Wildman–Crippen MR) is 86.9 cm³/mol. The Morgan fingerprint density at radius 1 is 1.09 bits per heavy atom. The first-order chi connectivity index (χ1) is 10.6. The Hall–Kier alpha value is -2.62. The Balaban J connectivity index is 1.87. The van der Waals surface area contributed by atoms with Crippen LogP contribution < -0.4 is 10.2 Å². The Morgan fingerprint density at radius 3 is 2.50 bits per heavy atom. The Bertz CT molecular complexity index is 739. The number of hydrogen-bond donors (Lipinski definition) is 1. The second-order valence-electron chi connectivity index (χ2n) is 5.54. The molecular weight excluding hydrogens is 276 g/mol. The molecule has 2 aromatic carbocycles. The first kappa shape index (κ1) is 14.3. The first-order valence-corrected chi connectivity index (χ1v) is 7.32. The molecule has 1 aliphatic heterocycles. The number of benzene rings is 2. The van der Waals surface area contributed by atoms with Gasteiger partial charge in [0.25, 0.3) is 0 Å². The average Bonchev–Trinajstić information content (AvgIpc) is 2.89. The van der Waals surface area contributed by atoms with Crippen LogP contribution in [0.25, 0.3) is 0 Å². The molecule has 0 bridgehead atoms. The number of nitrogens with zero attached hydrogens (tertiary/aromatic N) is 1. The predicted octanol–water partition coefficient (Wildman–Crippen LogP) is 2.91. The van der Waals surface area contributed by atoms with Gasteiger partial charge in [0.1, 0.15) is 6.04 Å². The average molecular weight is 294 g/mol. The number of para-hydroxylation sites is 2. The summed E-state index contributed by atoms with van der Waals surface area (Å²) in [6, 6.07) is 14.8. The molecule has 1 N–H and O–H groups in total. The van der Waals surface area contributed by atoms with Crippen molar-refractivity contribution < 1.29 is 9.59 Å². The van der Waals surface area contributed by atoms with Gasteiger partial charge >= 0.3 is 0 Å². The molecule has 2 amide bonds. The zero-order chi connectivity index (χ0) is 15.7. The summed E-state index contributed by atoms with van der Waals surface area (Å²) in [4.78, 5) is 26.2. The van der Waals surface area contributed by atoms with Gasteiger partial charge in [0, 0.05) is 24.7 Å². The molecule has 0 fully saturated rings. The summed E-state index contributed by atoms with van der Waals surface area (Å²) in [6.45, 7) is 3.44. The van der Waals surface area contributed by atoms with Crippen molar-refractivity contribution in [2.45, 2.75) is 26.3 Å². The zero-order valence-electron chi connectivity index (χ0n) is 12.7. The largest absolute Gasteiger partial charge is 0.324 e. The second-order valence-corrected chi connectivity index (χ2v) is 5.54. The second kappa shape index (κ2) is 5.64. The quantitative estimate of drug-likeness (QED) is 0.926. The van der Waals surface area contributed by atoms with Gasteiger partial charge in [0.15, 0.2) is 0 Å². The summed E-state index contributed by atoms with van der Waals surface area (Å²) < 4.78 is 0. The van der Waals surface area contributed by atoms with Crippen molar-refractivity contribution in [3.63, 3.8) is 0 Å². The lowest BCUT2D eigenvalue weighted by molar-refractivity contribution is -0.122. The van der Waals surface area contributed by atoms with Gasteiger partial charge in [-0.3, -0.25) is 14.5 Å². The zero-order valence-corrected chi connectivity index (χ0v) is 12.7. The highest BCUT2D eigenvalue weighted by Gasteiger charge is 2.36. The van der Waals surface area contributed by atoms with Gasteiger partial charge in [-0.1, -0.05) is 36.4 Å². The van der Waals surface area contributed by atoms with Crippen LogP contribution in [-0.4, -0.2) is 17.9 Å². The normalized spacial score (nSPS) is 16.3. The van der Waals surface area contributed by atoms with Gasteiger partial charge in [-0.15, -0.1) is 0 Å². The monoisotopic (exact) mass is 294 g/mol. The number of fused-ring (bicyclic) bond motifs is 1. The van der Waals surface area contributed by atoms with Gasteiger partial charge in [-0.25, -0.2) is 0 Å². The van der Waals surface area contributed by atoms with E-state index in [9.17, 15) is 9.59 Å². The van der Waals surface area contributed by atoms with Gasteiger partial charge in [0.2, 0.25) is 11.8 Å². The minimum atomic E-state index is -0.491. The number of hydrogen-bond acceptors (Lipinski definition) is 2. The minimum absolute atomic E-state index is 0.116. The summed E-state index contributed by atoms with van der Waals surface area (Å²) in [5, 5.41) is 2.94. The topological polar surface area (TPSA) is 49.4 Å². The van der Waals surface area contributed by atoms with Gasteiger partial charge in [-0.05, 0) is 30.2 Å². The van der Waals surface area contributed by atoms with Crippen molar-refractivity contribution in [1.82, 2.24) is 0 Å². The summed E-state index contributed by atoms with van der Waals surface area (Å²) >= 11 is 0. The molecule has 0 radical (unpaired) electrons. The van der Waals surface area contributed by atoms with Crippen molar-refractivity contribution >= 4 is 23.2 Å². The van der Waals surface area contributed by atoms with Gasteiger partial charge < -0.3 is 5.32 Å². The van der Waals surface area contributed by atoms with E-state index in [4.69, 9.17) is 0 Å². The molecule has 1 aliphatic rings. The molecule has 22 heavy (non-hydrogen) atoms. The van der Waals surface area contributed by atoms with Crippen LogP contribution >= 0.6 is 0 Å². The Labute approximate surface area is 129 Å². The van der Waals surface area contributed by atoms with E-state index in [0.717, 1.165) is 22.5 Å². The summed E-state index contributed by atoms with van der Waals surface area (Å²) in [6.07, 6.45) is 0.549. The molecule has 0 aliphatic carbocycles. The fourth-order valence-corrected chi connectivity index (χ4v) is 2.91. The van der Waals surface area contributed by atoms with Crippen LogP contribution in [0.1, 0.15) is 18.1 Å². The molecule has 4 nitrogen and oxygen atoms in total. The smallest absolute Gasteiger partial charge is 0.247 e. The highest BCUT2D eigenvalue weighted by molar-refractivity contribution is 6.06. The van der Waals surface area contributed by atoms with E-state index in [0.29, 0.717) is 6.42 Å². The molecule has 3 rings (SSSR count). The number of rotatable bonds is 2. The number of nitrogens with one attached hydrogen (secondary N) is 1. The van der Waals surface area contributed by atoms with E-state index < -0.39 is 6.04 Å². The van der Waals surface area contributed by atoms with Crippen LogP contribution in [-0.2, 0) is 16.0 Å². The van der Waals surface area contributed by atoms with Crippen molar-refractivity contribution in [2.75, 3.05) is 10.2 Å². The maximum Gasteiger partial charge on any atom is 0.247 e. The lowest BCUT2D eigenvalue weighted by atomic mass is 10.1. The lowest BCUT2D eigenvalue weighted by Gasteiger charge is -2.23. The number of amides is 2. The first-order valence-electron chi connectivity index (χ1n) is 7.32. The standard InChI is InChI=1S/C18H18N2O2/c1-12-7-3-5-9-15(12)19-18(22)17-11-14-8-4-6-10-16(14)20(17)13(2)21/h3-10,17H,11H2,1-2H3,(H,19,22)/t17-/m1/s1. The summed E-state index contributed by atoms with van der Waals surface area (Å²) in [7, 11) is 0. The highest BCUT2D eigenvalue weighted by atomic mass is 16.2. The van der Waals surface area contributed by atoms with Crippen molar-refractivity contribution in [2.24, 2.45) is 0 Å². The maximum absolute atomic E-state index is 12.6. The minimum Gasteiger partial charge on any atom is -0.324 e. The molecule has 0 saturated carbocycles. The number of anilines is 2. The third-order valence-electron chi connectivity index (χ3n) is 4.02. The molecule has 0 aromatic heterocycles.